The molecular weight excluding hydrogens is 571 g/mol. The van der Waals surface area contributed by atoms with Gasteiger partial charge in [-0.1, -0.05) is 0 Å². The van der Waals surface area contributed by atoms with Crippen molar-refractivity contribution in [3.8, 4) is 0 Å². The van der Waals surface area contributed by atoms with Crippen LogP contribution in [0.3, 0.4) is 0 Å². The minimum absolute atomic E-state index is 0.183. The summed E-state index contributed by atoms with van der Waals surface area (Å²) in [5.41, 5.74) is 1.80. The molecule has 0 unspecified atom stereocenters. The third-order valence-corrected chi connectivity index (χ3v) is 6.39. The molecular formula is C21H32F2N3O13P. The fourth-order valence-electron chi connectivity index (χ4n) is 3.20. The van der Waals surface area contributed by atoms with Crippen LogP contribution in [0.25, 0.3) is 0 Å². The van der Waals surface area contributed by atoms with Gasteiger partial charge < -0.3 is 34.5 Å². The standard InChI is InChI=1S/C21H32F2N3O13P/c1-11(2)37-19(29)32-9-35-40(31,36-10-33-20(30)38-12(3)4)34-8-21(13(5)22)16(27)15(23)17(39-21)26-7-6-14(24)25-18(26)28/h6-7,11-13,15-17,27H,8-10H2,1-5H3,(H2,24,25,28)/t13-,15-,16+,17-,21+/m1/s1. The molecule has 0 spiro atoms. The Kier molecular flexibility index (Phi) is 11.8. The van der Waals surface area contributed by atoms with Gasteiger partial charge in [-0.25, -0.2) is 36.8 Å². The Balaban J connectivity index is 2.22. The van der Waals surface area contributed by atoms with Crippen molar-refractivity contribution in [2.45, 2.75) is 77.1 Å². The Morgan fingerprint density at radius 3 is 2.10 bits per heavy atom. The number of ether oxygens (including phenoxy) is 5. The Hall–Kier alpha value is -2.89. The average Bonchev–Trinajstić information content (AvgIpc) is 3.08. The first kappa shape index (κ1) is 33.3. The topological polar surface area (TPSA) is 206 Å². The van der Waals surface area contributed by atoms with Crippen molar-refractivity contribution in [3.05, 3.63) is 22.7 Å². The first-order chi connectivity index (χ1) is 18.6. The van der Waals surface area contributed by atoms with Crippen molar-refractivity contribution in [2.24, 2.45) is 0 Å². The van der Waals surface area contributed by atoms with Crippen LogP contribution in [0, 0.1) is 0 Å². The molecule has 1 saturated heterocycles. The first-order valence-electron chi connectivity index (χ1n) is 11.8. The van der Waals surface area contributed by atoms with Crippen LogP contribution in [-0.4, -0.2) is 83.4 Å². The van der Waals surface area contributed by atoms with Gasteiger partial charge in [0.1, 0.15) is 18.1 Å². The van der Waals surface area contributed by atoms with Crippen molar-refractivity contribution >= 4 is 26.0 Å². The highest BCUT2D eigenvalue weighted by atomic mass is 31.2. The van der Waals surface area contributed by atoms with Crippen LogP contribution in [0.5, 0.6) is 0 Å². The number of hydrogen-bond donors (Lipinski definition) is 2. The van der Waals surface area contributed by atoms with E-state index in [0.717, 1.165) is 19.2 Å². The Labute approximate surface area is 227 Å². The zero-order valence-electron chi connectivity index (χ0n) is 22.3. The molecule has 19 heteroatoms. The molecule has 1 aromatic rings. The van der Waals surface area contributed by atoms with Crippen LogP contribution in [0.1, 0.15) is 40.8 Å². The first-order valence-corrected chi connectivity index (χ1v) is 13.3. The molecule has 0 amide bonds. The van der Waals surface area contributed by atoms with Crippen LogP contribution in [-0.2, 0) is 41.8 Å². The van der Waals surface area contributed by atoms with E-state index in [2.05, 4.69) is 14.5 Å². The molecule has 16 nitrogen and oxygen atoms in total. The quantitative estimate of drug-likeness (QED) is 0.188. The number of hydrogen-bond acceptors (Lipinski definition) is 15. The van der Waals surface area contributed by atoms with Crippen LogP contribution in [0.4, 0.5) is 24.2 Å². The highest BCUT2D eigenvalue weighted by molar-refractivity contribution is 7.48. The fraction of sp³-hybridized carbons (Fsp3) is 0.714. The highest BCUT2D eigenvalue weighted by Crippen LogP contribution is 2.52. The lowest BCUT2D eigenvalue weighted by Gasteiger charge is -2.33. The molecule has 40 heavy (non-hydrogen) atoms. The summed E-state index contributed by atoms with van der Waals surface area (Å²) in [6.07, 6.45) is -11.3. The second kappa shape index (κ2) is 14.1. The van der Waals surface area contributed by atoms with E-state index in [1.54, 1.807) is 0 Å². The molecule has 1 fully saturated rings. The molecule has 1 aromatic heterocycles. The zero-order valence-corrected chi connectivity index (χ0v) is 23.2. The predicted octanol–water partition coefficient (Wildman–Crippen LogP) is 2.35. The minimum atomic E-state index is -4.93. The SMILES string of the molecule is CC(C)OC(=O)OCOP(=O)(OCOC(=O)OC(C)C)OC[C@@]1([C@@H](C)F)O[C@@H](n2ccc(N)nc2=O)[C@H](F)[C@@H]1O. The minimum Gasteiger partial charge on any atom is -0.432 e. The van der Waals surface area contributed by atoms with Crippen molar-refractivity contribution in [1.29, 1.82) is 0 Å². The van der Waals surface area contributed by atoms with Gasteiger partial charge in [0.2, 0.25) is 13.6 Å². The summed E-state index contributed by atoms with van der Waals surface area (Å²) < 4.78 is 82.7. The normalized spacial score (nSPS) is 23.7. The second-order valence-corrected chi connectivity index (χ2v) is 10.5. The van der Waals surface area contributed by atoms with E-state index in [1.807, 2.05) is 0 Å². The van der Waals surface area contributed by atoms with Crippen molar-refractivity contribution in [2.75, 3.05) is 25.9 Å². The van der Waals surface area contributed by atoms with E-state index in [1.165, 1.54) is 27.7 Å². The molecule has 2 heterocycles. The summed E-state index contributed by atoms with van der Waals surface area (Å²) in [6, 6.07) is 1.14. The molecule has 228 valence electrons. The smallest absolute Gasteiger partial charge is 0.432 e. The number of nitrogen functional groups attached to an aromatic ring is 1. The number of phosphoric acid groups is 1. The summed E-state index contributed by atoms with van der Waals surface area (Å²) in [5.74, 6) is -0.183. The zero-order chi connectivity index (χ0) is 30.3. The average molecular weight is 603 g/mol. The van der Waals surface area contributed by atoms with Crippen LogP contribution >= 0.6 is 7.82 Å². The number of aliphatic hydroxyl groups excluding tert-OH is 1. The van der Waals surface area contributed by atoms with Crippen molar-refractivity contribution < 1.29 is 65.3 Å². The number of anilines is 1. The van der Waals surface area contributed by atoms with E-state index in [0.29, 0.717) is 4.57 Å². The van der Waals surface area contributed by atoms with Gasteiger partial charge >= 0.3 is 25.8 Å². The third kappa shape index (κ3) is 8.81. The summed E-state index contributed by atoms with van der Waals surface area (Å²) in [4.78, 5) is 38.8. The van der Waals surface area contributed by atoms with Gasteiger partial charge in [-0.3, -0.25) is 9.09 Å². The van der Waals surface area contributed by atoms with Gasteiger partial charge in [-0.2, -0.15) is 4.98 Å². The number of alkyl halides is 2. The van der Waals surface area contributed by atoms with E-state index in [4.69, 9.17) is 33.5 Å². The monoisotopic (exact) mass is 603 g/mol. The van der Waals surface area contributed by atoms with Gasteiger partial charge in [0.25, 0.3) is 0 Å². The second-order valence-electron chi connectivity index (χ2n) is 8.85. The van der Waals surface area contributed by atoms with E-state index in [9.17, 15) is 28.4 Å². The number of nitrogens with zero attached hydrogens (tertiary/aromatic N) is 2. The molecule has 1 aliphatic rings. The van der Waals surface area contributed by atoms with Gasteiger partial charge in [0.15, 0.2) is 18.0 Å². The Morgan fingerprint density at radius 1 is 1.12 bits per heavy atom. The lowest BCUT2D eigenvalue weighted by molar-refractivity contribution is -0.161. The molecule has 0 aliphatic carbocycles. The maximum absolute atomic E-state index is 15.1. The lowest BCUT2D eigenvalue weighted by Crippen LogP contribution is -2.52. The number of phosphoric ester groups is 1. The number of carbonyl (C=O) groups is 2. The molecule has 5 atom stereocenters. The van der Waals surface area contributed by atoms with E-state index in [-0.39, 0.29) is 5.82 Å². The van der Waals surface area contributed by atoms with Crippen LogP contribution in [0.2, 0.25) is 0 Å². The summed E-state index contributed by atoms with van der Waals surface area (Å²) in [5, 5.41) is 10.6. The number of carbonyl (C=O) groups excluding carboxylic acids is 2. The van der Waals surface area contributed by atoms with Crippen molar-refractivity contribution in [3.63, 3.8) is 0 Å². The van der Waals surface area contributed by atoms with Gasteiger partial charge in [-0.15, -0.1) is 0 Å². The van der Waals surface area contributed by atoms with E-state index < -0.39 is 88.5 Å². The molecule has 1 aliphatic heterocycles. The summed E-state index contributed by atoms with van der Waals surface area (Å²) in [7, 11) is -4.93. The number of rotatable bonds is 13. The fourth-order valence-corrected chi connectivity index (χ4v) is 4.15. The Bertz CT molecular complexity index is 1090. The maximum atomic E-state index is 15.1. The molecule has 3 N–H and O–H groups in total. The molecule has 2 rings (SSSR count). The molecule has 0 aromatic carbocycles. The van der Waals surface area contributed by atoms with Gasteiger partial charge in [-0.05, 0) is 40.7 Å². The van der Waals surface area contributed by atoms with Gasteiger partial charge in [0.05, 0.1) is 18.8 Å². The third-order valence-electron chi connectivity index (χ3n) is 5.10. The summed E-state index contributed by atoms with van der Waals surface area (Å²) in [6.45, 7) is 3.63. The van der Waals surface area contributed by atoms with Gasteiger partial charge in [0, 0.05) is 6.20 Å². The molecule has 0 bridgehead atoms. The number of aromatic nitrogens is 2. The van der Waals surface area contributed by atoms with Crippen LogP contribution in [0.15, 0.2) is 17.1 Å². The Morgan fingerprint density at radius 2 is 1.65 bits per heavy atom. The highest BCUT2D eigenvalue weighted by Gasteiger charge is 2.60. The molecule has 0 saturated carbocycles. The van der Waals surface area contributed by atoms with Crippen molar-refractivity contribution in [1.82, 2.24) is 9.55 Å². The number of nitrogens with two attached hydrogens (primary N) is 1. The molecule has 0 radical (unpaired) electrons. The van der Waals surface area contributed by atoms with E-state index >= 15 is 4.39 Å². The summed E-state index contributed by atoms with van der Waals surface area (Å²) >= 11 is 0. The predicted molar refractivity (Wildman–Crippen MR) is 128 cm³/mol. The number of aliphatic hydroxyl groups is 1. The largest absolute Gasteiger partial charge is 0.510 e. The number of halogens is 2. The lowest BCUT2D eigenvalue weighted by atomic mass is 9.92. The van der Waals surface area contributed by atoms with Crippen LogP contribution < -0.4 is 11.4 Å². The maximum Gasteiger partial charge on any atom is 0.510 e.